The lowest BCUT2D eigenvalue weighted by Gasteiger charge is -2.18. The van der Waals surface area contributed by atoms with Crippen molar-refractivity contribution in [3.63, 3.8) is 0 Å². The first-order valence-corrected chi connectivity index (χ1v) is 12.8. The Bertz CT molecular complexity index is 1900. The predicted molar refractivity (Wildman–Crippen MR) is 156 cm³/mol. The Morgan fingerprint density at radius 1 is 0.421 bits per heavy atom. The quantitative estimate of drug-likeness (QED) is 0.232. The molecular formula is C35H24N2O. The van der Waals surface area contributed by atoms with Crippen LogP contribution >= 0.6 is 0 Å². The fraction of sp³-hybridized carbons (Fsp3) is 0.0286. The molecule has 0 aliphatic carbocycles. The Morgan fingerprint density at radius 2 is 0.868 bits per heavy atom. The van der Waals surface area contributed by atoms with Gasteiger partial charge >= 0.3 is 0 Å². The molecule has 0 saturated heterocycles. The van der Waals surface area contributed by atoms with Gasteiger partial charge < -0.3 is 4.42 Å². The van der Waals surface area contributed by atoms with Gasteiger partial charge in [-0.3, -0.25) is 0 Å². The lowest BCUT2D eigenvalue weighted by atomic mass is 9.85. The maximum absolute atomic E-state index is 6.00. The third-order valence-corrected chi connectivity index (χ3v) is 7.11. The van der Waals surface area contributed by atoms with Crippen molar-refractivity contribution < 1.29 is 4.42 Å². The van der Waals surface area contributed by atoms with E-state index < -0.39 is 0 Å². The highest BCUT2D eigenvalue weighted by Gasteiger charge is 2.17. The largest absolute Gasteiger partial charge is 0.416 e. The van der Waals surface area contributed by atoms with Crippen LogP contribution < -0.4 is 0 Å². The summed E-state index contributed by atoms with van der Waals surface area (Å²) in [5.74, 6) is 1.04. The summed E-state index contributed by atoms with van der Waals surface area (Å²) in [6.45, 7) is 2.16. The molecule has 0 spiro atoms. The minimum absolute atomic E-state index is 0.514. The molecule has 7 rings (SSSR count). The van der Waals surface area contributed by atoms with Gasteiger partial charge in [-0.1, -0.05) is 109 Å². The van der Waals surface area contributed by atoms with Gasteiger partial charge in [-0.05, 0) is 75.0 Å². The van der Waals surface area contributed by atoms with Crippen molar-refractivity contribution in [1.29, 1.82) is 0 Å². The Hall–Kier alpha value is -5.02. The minimum Gasteiger partial charge on any atom is -0.416 e. The number of rotatable bonds is 4. The molecule has 0 bridgehead atoms. The summed E-state index contributed by atoms with van der Waals surface area (Å²) >= 11 is 0. The standard InChI is InChI=1S/C35H24N2O/c1-23-16-21-30-31(22-23)33(29-15-9-8-14-28(29)32(30)24-10-4-2-5-11-24)25-17-19-27(20-18-25)35-37-36-34(38-35)26-12-6-3-7-13-26/h2-22H,1H3. The number of hydrogen-bond acceptors (Lipinski definition) is 3. The van der Waals surface area contributed by atoms with Crippen LogP contribution in [0, 0.1) is 6.92 Å². The number of aryl methyl sites for hydroxylation is 1. The number of benzene rings is 6. The van der Waals surface area contributed by atoms with Gasteiger partial charge in [0, 0.05) is 11.1 Å². The molecule has 3 heteroatoms. The highest BCUT2D eigenvalue weighted by Crippen LogP contribution is 2.44. The minimum atomic E-state index is 0.514. The van der Waals surface area contributed by atoms with E-state index >= 15 is 0 Å². The summed E-state index contributed by atoms with van der Waals surface area (Å²) in [6, 6.07) is 44.5. The maximum atomic E-state index is 6.00. The van der Waals surface area contributed by atoms with E-state index in [1.165, 1.54) is 43.8 Å². The Morgan fingerprint density at radius 3 is 1.50 bits per heavy atom. The molecule has 7 aromatic rings. The second-order valence-electron chi connectivity index (χ2n) is 9.57. The second kappa shape index (κ2) is 9.13. The average molecular weight is 489 g/mol. The van der Waals surface area contributed by atoms with Crippen molar-refractivity contribution in [1.82, 2.24) is 10.2 Å². The van der Waals surface area contributed by atoms with Gasteiger partial charge in [0.25, 0.3) is 0 Å². The lowest BCUT2D eigenvalue weighted by Crippen LogP contribution is -1.91. The predicted octanol–water partition coefficient (Wildman–Crippen LogP) is 9.35. The van der Waals surface area contributed by atoms with E-state index in [0.717, 1.165) is 16.7 Å². The van der Waals surface area contributed by atoms with Gasteiger partial charge in [0.1, 0.15) is 0 Å². The molecule has 0 radical (unpaired) electrons. The third-order valence-electron chi connectivity index (χ3n) is 7.11. The van der Waals surface area contributed by atoms with Crippen LogP contribution in [0.5, 0.6) is 0 Å². The summed E-state index contributed by atoms with van der Waals surface area (Å²) in [4.78, 5) is 0. The molecule has 0 unspecified atom stereocenters. The van der Waals surface area contributed by atoms with Crippen molar-refractivity contribution in [3.8, 4) is 45.2 Å². The second-order valence-corrected chi connectivity index (χ2v) is 9.57. The van der Waals surface area contributed by atoms with Gasteiger partial charge in [0.05, 0.1) is 0 Å². The number of aromatic nitrogens is 2. The molecule has 0 aliphatic rings. The van der Waals surface area contributed by atoms with Crippen LogP contribution in [0.2, 0.25) is 0 Å². The van der Waals surface area contributed by atoms with E-state index in [1.807, 2.05) is 30.3 Å². The SMILES string of the molecule is Cc1ccc2c(-c3ccccc3)c3ccccc3c(-c3ccc(-c4nnc(-c5ccccc5)o4)cc3)c2c1. The first-order chi connectivity index (χ1) is 18.8. The zero-order valence-corrected chi connectivity index (χ0v) is 20.9. The summed E-state index contributed by atoms with van der Waals surface area (Å²) < 4.78 is 6.00. The van der Waals surface area contributed by atoms with Gasteiger partial charge in [0.2, 0.25) is 11.8 Å². The molecule has 0 amide bonds. The Kier molecular flexibility index (Phi) is 5.33. The summed E-state index contributed by atoms with van der Waals surface area (Å²) in [7, 11) is 0. The van der Waals surface area contributed by atoms with Crippen LogP contribution in [0.3, 0.4) is 0 Å². The molecule has 0 aliphatic heterocycles. The molecule has 1 heterocycles. The molecule has 1 aromatic heterocycles. The Labute approximate surface area is 221 Å². The summed E-state index contributed by atoms with van der Waals surface area (Å²) in [5, 5.41) is 13.6. The molecule has 0 N–H and O–H groups in total. The number of hydrogen-bond donors (Lipinski definition) is 0. The van der Waals surface area contributed by atoms with E-state index in [1.54, 1.807) is 0 Å². The first kappa shape index (κ1) is 22.2. The van der Waals surface area contributed by atoms with Gasteiger partial charge in [-0.2, -0.15) is 0 Å². The highest BCUT2D eigenvalue weighted by molar-refractivity contribution is 6.21. The fourth-order valence-electron chi connectivity index (χ4n) is 5.34. The molecular weight excluding hydrogens is 464 g/mol. The van der Waals surface area contributed by atoms with E-state index in [4.69, 9.17) is 4.42 Å². The summed E-state index contributed by atoms with van der Waals surface area (Å²) in [5.41, 5.74) is 7.94. The van der Waals surface area contributed by atoms with Crippen LogP contribution in [0.15, 0.2) is 132 Å². The summed E-state index contributed by atoms with van der Waals surface area (Å²) in [6.07, 6.45) is 0. The van der Waals surface area contributed by atoms with Crippen molar-refractivity contribution >= 4 is 21.5 Å². The monoisotopic (exact) mass is 488 g/mol. The van der Waals surface area contributed by atoms with Crippen LogP contribution in [-0.4, -0.2) is 10.2 Å². The topological polar surface area (TPSA) is 38.9 Å². The molecule has 180 valence electrons. The van der Waals surface area contributed by atoms with Crippen molar-refractivity contribution in [2.75, 3.05) is 0 Å². The van der Waals surface area contributed by atoms with Gasteiger partial charge in [-0.25, -0.2) is 0 Å². The normalized spacial score (nSPS) is 11.3. The first-order valence-electron chi connectivity index (χ1n) is 12.8. The number of fused-ring (bicyclic) bond motifs is 2. The molecule has 0 saturated carbocycles. The number of nitrogens with zero attached hydrogens (tertiary/aromatic N) is 2. The van der Waals surface area contributed by atoms with E-state index in [0.29, 0.717) is 11.8 Å². The Balaban J connectivity index is 1.40. The smallest absolute Gasteiger partial charge is 0.248 e. The van der Waals surface area contributed by atoms with Gasteiger partial charge in [0.15, 0.2) is 0 Å². The third kappa shape index (κ3) is 3.77. The van der Waals surface area contributed by atoms with Crippen LogP contribution in [0.4, 0.5) is 0 Å². The maximum Gasteiger partial charge on any atom is 0.248 e. The molecule has 0 atom stereocenters. The van der Waals surface area contributed by atoms with Crippen molar-refractivity contribution in [2.24, 2.45) is 0 Å². The van der Waals surface area contributed by atoms with Crippen molar-refractivity contribution in [2.45, 2.75) is 6.92 Å². The van der Waals surface area contributed by atoms with Crippen LogP contribution in [-0.2, 0) is 0 Å². The van der Waals surface area contributed by atoms with E-state index in [-0.39, 0.29) is 0 Å². The average Bonchev–Trinajstić information content (AvgIpc) is 3.47. The molecule has 3 nitrogen and oxygen atoms in total. The molecule has 6 aromatic carbocycles. The molecule has 38 heavy (non-hydrogen) atoms. The van der Waals surface area contributed by atoms with E-state index in [9.17, 15) is 0 Å². The van der Waals surface area contributed by atoms with Crippen LogP contribution in [0.25, 0.3) is 66.7 Å². The zero-order chi connectivity index (χ0) is 25.5. The fourth-order valence-corrected chi connectivity index (χ4v) is 5.34. The molecule has 0 fully saturated rings. The van der Waals surface area contributed by atoms with Gasteiger partial charge in [-0.15, -0.1) is 10.2 Å². The lowest BCUT2D eigenvalue weighted by molar-refractivity contribution is 0.584. The van der Waals surface area contributed by atoms with Crippen LogP contribution in [0.1, 0.15) is 5.56 Å². The highest BCUT2D eigenvalue weighted by atomic mass is 16.4. The van der Waals surface area contributed by atoms with Crippen molar-refractivity contribution in [3.05, 3.63) is 133 Å². The zero-order valence-electron chi connectivity index (χ0n) is 20.9. The van der Waals surface area contributed by atoms with E-state index in [2.05, 4.69) is 114 Å².